The second kappa shape index (κ2) is 10.1. The molecule has 31 heavy (non-hydrogen) atoms. The number of amides is 2. The summed E-state index contributed by atoms with van der Waals surface area (Å²) in [5.41, 5.74) is 1.20. The number of methoxy groups -OCH3 is 1. The predicted octanol–water partition coefficient (Wildman–Crippen LogP) is 4.96. The molecule has 162 valence electrons. The van der Waals surface area contributed by atoms with E-state index in [1.54, 1.807) is 47.2 Å². The van der Waals surface area contributed by atoms with Crippen LogP contribution in [0.2, 0.25) is 0 Å². The Hall–Kier alpha value is -3.39. The third kappa shape index (κ3) is 5.21. The number of hydrogen-bond donors (Lipinski definition) is 4. The number of hydrogen-bond acceptors (Lipinski definition) is 5. The van der Waals surface area contributed by atoms with Crippen molar-refractivity contribution in [3.8, 4) is 22.6 Å². The second-order valence-corrected chi connectivity index (χ2v) is 7.42. The van der Waals surface area contributed by atoms with Crippen LogP contribution in [0.4, 0.5) is 16.2 Å². The van der Waals surface area contributed by atoms with Gasteiger partial charge in [-0.3, -0.25) is 4.79 Å². The van der Waals surface area contributed by atoms with Gasteiger partial charge in [-0.15, -0.1) is 12.6 Å². The molecule has 0 aliphatic carbocycles. The van der Waals surface area contributed by atoms with Crippen LogP contribution in [0, 0.1) is 0 Å². The number of thiol groups is 1. The van der Waals surface area contributed by atoms with Gasteiger partial charge in [0.2, 0.25) is 0 Å². The number of aryl methyl sites for hydroxylation is 1. The molecule has 0 bridgehead atoms. The van der Waals surface area contributed by atoms with Gasteiger partial charge >= 0.3 is 6.03 Å². The summed E-state index contributed by atoms with van der Waals surface area (Å²) >= 11 is 4.34. The highest BCUT2D eigenvalue weighted by atomic mass is 32.1. The van der Waals surface area contributed by atoms with Crippen LogP contribution in [0.5, 0.6) is 11.5 Å². The molecule has 0 spiro atoms. The number of phenols is 1. The molecule has 0 saturated carbocycles. The molecular weight excluding hydrogens is 414 g/mol. The molecule has 1 aromatic heterocycles. The Morgan fingerprint density at radius 3 is 2.61 bits per heavy atom. The molecule has 0 atom stereocenters. The number of carbonyl (C=O) groups is 1. The zero-order valence-corrected chi connectivity index (χ0v) is 18.3. The van der Waals surface area contributed by atoms with Crippen molar-refractivity contribution in [3.05, 3.63) is 65.1 Å². The number of nitrogens with zero attached hydrogens (tertiary/aromatic N) is 1. The fraction of sp³-hybridized carbons (Fsp3) is 0.217. The minimum absolute atomic E-state index is 0.0189. The lowest BCUT2D eigenvalue weighted by Gasteiger charge is -2.17. The number of ether oxygens (including phenoxy) is 1. The van der Waals surface area contributed by atoms with Gasteiger partial charge in [0.25, 0.3) is 5.56 Å². The second-order valence-electron chi connectivity index (χ2n) is 6.94. The normalized spacial score (nSPS) is 10.5. The zero-order valence-electron chi connectivity index (χ0n) is 17.4. The molecule has 7 nitrogen and oxygen atoms in total. The van der Waals surface area contributed by atoms with Crippen molar-refractivity contribution >= 4 is 30.0 Å². The number of benzene rings is 2. The number of para-hydroxylation sites is 1. The SMILES string of the molecule is CCCCn1ccc(-c2cc(O)ccc2OC)c(NC(=O)Nc2ccccc2S)c1=O. The van der Waals surface area contributed by atoms with Gasteiger partial charge in [0, 0.05) is 28.8 Å². The Labute approximate surface area is 186 Å². The van der Waals surface area contributed by atoms with Crippen molar-refractivity contribution < 1.29 is 14.6 Å². The third-order valence-corrected chi connectivity index (χ3v) is 5.17. The van der Waals surface area contributed by atoms with Crippen molar-refractivity contribution in [2.24, 2.45) is 0 Å². The summed E-state index contributed by atoms with van der Waals surface area (Å²) in [5, 5.41) is 15.4. The molecule has 8 heteroatoms. The average molecular weight is 440 g/mol. The Balaban J connectivity index is 2.05. The first kappa shape index (κ1) is 22.3. The van der Waals surface area contributed by atoms with Gasteiger partial charge in [-0.25, -0.2) is 4.79 Å². The maximum Gasteiger partial charge on any atom is 0.323 e. The van der Waals surface area contributed by atoms with Crippen molar-refractivity contribution in [1.82, 2.24) is 4.57 Å². The molecule has 0 aliphatic heterocycles. The van der Waals surface area contributed by atoms with E-state index in [-0.39, 0.29) is 17.0 Å². The molecule has 0 unspecified atom stereocenters. The Morgan fingerprint density at radius 2 is 1.90 bits per heavy atom. The van der Waals surface area contributed by atoms with E-state index in [4.69, 9.17) is 4.74 Å². The number of aromatic nitrogens is 1. The Kier molecular flexibility index (Phi) is 7.25. The van der Waals surface area contributed by atoms with Crippen LogP contribution in [0.3, 0.4) is 0 Å². The molecule has 3 aromatic rings. The third-order valence-electron chi connectivity index (χ3n) is 4.78. The van der Waals surface area contributed by atoms with Crippen LogP contribution in [-0.4, -0.2) is 22.8 Å². The van der Waals surface area contributed by atoms with Crippen LogP contribution in [0.15, 0.2) is 64.4 Å². The Bertz CT molecular complexity index is 1140. The van der Waals surface area contributed by atoms with Gasteiger partial charge in [-0.05, 0) is 42.8 Å². The average Bonchev–Trinajstić information content (AvgIpc) is 2.76. The first-order valence-corrected chi connectivity index (χ1v) is 10.4. The van der Waals surface area contributed by atoms with E-state index >= 15 is 0 Å². The van der Waals surface area contributed by atoms with Crippen LogP contribution >= 0.6 is 12.6 Å². The summed E-state index contributed by atoms with van der Waals surface area (Å²) in [6, 6.07) is 12.8. The van der Waals surface area contributed by atoms with Crippen LogP contribution in [-0.2, 0) is 6.54 Å². The number of anilines is 2. The summed E-state index contributed by atoms with van der Waals surface area (Å²) in [5.74, 6) is 0.484. The number of aromatic hydroxyl groups is 1. The number of pyridine rings is 1. The number of rotatable bonds is 7. The lowest BCUT2D eigenvalue weighted by Crippen LogP contribution is -2.29. The highest BCUT2D eigenvalue weighted by Gasteiger charge is 2.18. The van der Waals surface area contributed by atoms with E-state index in [0.717, 1.165) is 12.8 Å². The van der Waals surface area contributed by atoms with Gasteiger partial charge in [0.15, 0.2) is 0 Å². The lowest BCUT2D eigenvalue weighted by molar-refractivity contribution is 0.262. The van der Waals surface area contributed by atoms with Gasteiger partial charge in [0.1, 0.15) is 17.2 Å². The molecule has 2 aromatic carbocycles. The van der Waals surface area contributed by atoms with Gasteiger partial charge in [-0.1, -0.05) is 25.5 Å². The predicted molar refractivity (Wildman–Crippen MR) is 126 cm³/mol. The summed E-state index contributed by atoms with van der Waals surface area (Å²) in [4.78, 5) is 26.5. The fourth-order valence-corrected chi connectivity index (χ4v) is 3.39. The summed E-state index contributed by atoms with van der Waals surface area (Å²) < 4.78 is 6.96. The molecule has 0 saturated heterocycles. The summed E-state index contributed by atoms with van der Waals surface area (Å²) in [6.07, 6.45) is 3.44. The van der Waals surface area contributed by atoms with Crippen molar-refractivity contribution in [1.29, 1.82) is 0 Å². The van der Waals surface area contributed by atoms with E-state index in [0.29, 0.717) is 34.0 Å². The number of carbonyl (C=O) groups excluding carboxylic acids is 1. The first-order chi connectivity index (χ1) is 14.9. The molecule has 0 aliphatic rings. The minimum atomic E-state index is -0.577. The minimum Gasteiger partial charge on any atom is -0.508 e. The molecule has 2 amide bonds. The van der Waals surface area contributed by atoms with E-state index in [9.17, 15) is 14.7 Å². The van der Waals surface area contributed by atoms with Crippen LogP contribution < -0.4 is 20.9 Å². The van der Waals surface area contributed by atoms with Crippen LogP contribution in [0.25, 0.3) is 11.1 Å². The Morgan fingerprint density at radius 1 is 1.13 bits per heavy atom. The van der Waals surface area contributed by atoms with Crippen molar-refractivity contribution in [2.75, 3.05) is 17.7 Å². The largest absolute Gasteiger partial charge is 0.508 e. The fourth-order valence-electron chi connectivity index (χ4n) is 3.18. The summed E-state index contributed by atoms with van der Waals surface area (Å²) in [7, 11) is 1.50. The quantitative estimate of drug-likeness (QED) is 0.392. The molecule has 3 rings (SSSR count). The highest BCUT2D eigenvalue weighted by Crippen LogP contribution is 2.36. The van der Waals surface area contributed by atoms with E-state index < -0.39 is 6.03 Å². The number of unbranched alkanes of at least 4 members (excludes halogenated alkanes) is 1. The highest BCUT2D eigenvalue weighted by molar-refractivity contribution is 7.80. The molecule has 0 fully saturated rings. The van der Waals surface area contributed by atoms with Gasteiger partial charge < -0.3 is 25.0 Å². The first-order valence-electron chi connectivity index (χ1n) is 9.91. The van der Waals surface area contributed by atoms with Crippen molar-refractivity contribution in [2.45, 2.75) is 31.2 Å². The zero-order chi connectivity index (χ0) is 22.4. The standard InChI is InChI=1S/C23H25N3O4S/c1-3-4-12-26-13-11-16(17-14-15(27)9-10-19(17)30-2)21(22(26)28)25-23(29)24-18-7-5-6-8-20(18)31/h5-11,13-14,27,31H,3-4,12H2,1-2H3,(H2,24,25,29). The summed E-state index contributed by atoms with van der Waals surface area (Å²) in [6.45, 7) is 2.57. The molecule has 3 N–H and O–H groups in total. The van der Waals surface area contributed by atoms with Gasteiger partial charge in [-0.2, -0.15) is 0 Å². The monoisotopic (exact) mass is 439 g/mol. The van der Waals surface area contributed by atoms with Crippen LogP contribution in [0.1, 0.15) is 19.8 Å². The number of phenolic OH excluding ortho intramolecular Hbond substituents is 1. The van der Waals surface area contributed by atoms with E-state index in [2.05, 4.69) is 23.3 Å². The van der Waals surface area contributed by atoms with Crippen molar-refractivity contribution in [3.63, 3.8) is 0 Å². The maximum atomic E-state index is 13.2. The van der Waals surface area contributed by atoms with E-state index in [1.165, 1.54) is 19.2 Å². The van der Waals surface area contributed by atoms with Gasteiger partial charge in [0.05, 0.1) is 12.8 Å². The molecule has 0 radical (unpaired) electrons. The molecule has 1 heterocycles. The van der Waals surface area contributed by atoms with E-state index in [1.807, 2.05) is 6.92 Å². The smallest absolute Gasteiger partial charge is 0.323 e. The topological polar surface area (TPSA) is 92.6 Å². The lowest BCUT2D eigenvalue weighted by atomic mass is 10.0. The molecular formula is C23H25N3O4S. The maximum absolute atomic E-state index is 13.2. The number of nitrogens with one attached hydrogen (secondary N) is 2. The number of urea groups is 1.